The highest BCUT2D eigenvalue weighted by Gasteiger charge is 2.76. The van der Waals surface area contributed by atoms with Gasteiger partial charge < -0.3 is 15.3 Å². The molecule has 78 valence electrons. The summed E-state index contributed by atoms with van der Waals surface area (Å²) in [5.74, 6) is -6.67. The van der Waals surface area contributed by atoms with Crippen LogP contribution in [0.25, 0.3) is 0 Å². The fraction of sp³-hybridized carbons (Fsp3) is 0.625. The summed E-state index contributed by atoms with van der Waals surface area (Å²) in [6.45, 7) is 1.48. The second kappa shape index (κ2) is 2.97. The molecule has 0 radical (unpaired) electrons. The first-order chi connectivity index (χ1) is 6.39. The number of aliphatic carboxylic acids is 3. The fourth-order valence-electron chi connectivity index (χ4n) is 2.02. The molecule has 0 aromatic rings. The Morgan fingerprint density at radius 1 is 1.07 bits per heavy atom. The molecule has 0 bridgehead atoms. The third kappa shape index (κ3) is 1.07. The van der Waals surface area contributed by atoms with E-state index >= 15 is 0 Å². The first kappa shape index (κ1) is 10.5. The molecule has 3 N–H and O–H groups in total. The van der Waals surface area contributed by atoms with Crippen LogP contribution < -0.4 is 0 Å². The molecule has 0 aromatic heterocycles. The minimum atomic E-state index is -1.61. The van der Waals surface area contributed by atoms with E-state index in [9.17, 15) is 14.4 Å². The maximum absolute atomic E-state index is 10.8. The topological polar surface area (TPSA) is 112 Å². The number of hydrogen-bond donors (Lipinski definition) is 3. The lowest BCUT2D eigenvalue weighted by molar-refractivity contribution is -0.150. The number of carbonyl (C=O) groups is 3. The zero-order valence-electron chi connectivity index (χ0n) is 7.43. The highest BCUT2D eigenvalue weighted by molar-refractivity contribution is 5.99. The summed E-state index contributed by atoms with van der Waals surface area (Å²) in [6, 6.07) is 0. The minimum Gasteiger partial charge on any atom is -0.481 e. The first-order valence-corrected chi connectivity index (χ1v) is 4.08. The fourth-order valence-corrected chi connectivity index (χ4v) is 2.02. The van der Waals surface area contributed by atoms with Gasteiger partial charge in [0.2, 0.25) is 0 Å². The van der Waals surface area contributed by atoms with Gasteiger partial charge >= 0.3 is 17.9 Å². The molecule has 2 atom stereocenters. The standard InChI is InChI=1S/C8H10O6/c1-2-8(7(13)14)3(5(9)10)4(8)6(11)12/h3-4H,2H2,1H3,(H,9,10)(H,11,12)(H,13,14). The van der Waals surface area contributed by atoms with Gasteiger partial charge in [0.25, 0.3) is 0 Å². The summed E-state index contributed by atoms with van der Waals surface area (Å²) in [6.07, 6.45) is 0.0102. The summed E-state index contributed by atoms with van der Waals surface area (Å²) in [4.78, 5) is 32.1. The SMILES string of the molecule is CCC1(C(=O)O)C(C(=O)O)C1C(=O)O. The quantitative estimate of drug-likeness (QED) is 0.586. The molecule has 0 spiro atoms. The van der Waals surface area contributed by atoms with E-state index in [4.69, 9.17) is 15.3 Å². The molecule has 1 saturated carbocycles. The van der Waals surface area contributed by atoms with Gasteiger partial charge in [0.15, 0.2) is 0 Å². The van der Waals surface area contributed by atoms with Gasteiger partial charge in [-0.25, -0.2) is 0 Å². The van der Waals surface area contributed by atoms with Crippen LogP contribution in [0.2, 0.25) is 0 Å². The summed E-state index contributed by atoms with van der Waals surface area (Å²) in [5.41, 5.74) is -1.61. The number of hydrogen-bond acceptors (Lipinski definition) is 3. The molecule has 1 aliphatic rings. The Hall–Kier alpha value is -1.59. The molecule has 2 unspecified atom stereocenters. The lowest BCUT2D eigenvalue weighted by atomic mass is 9.99. The van der Waals surface area contributed by atoms with E-state index in [0.717, 1.165) is 0 Å². The van der Waals surface area contributed by atoms with Crippen molar-refractivity contribution in [3.05, 3.63) is 0 Å². The second-order valence-corrected chi connectivity index (χ2v) is 3.33. The van der Waals surface area contributed by atoms with Crippen LogP contribution in [0.4, 0.5) is 0 Å². The Balaban J connectivity index is 3.05. The van der Waals surface area contributed by atoms with Crippen molar-refractivity contribution in [1.29, 1.82) is 0 Å². The average Bonchev–Trinajstić information content (AvgIpc) is 2.73. The summed E-state index contributed by atoms with van der Waals surface area (Å²) in [5, 5.41) is 26.1. The van der Waals surface area contributed by atoms with Crippen LogP contribution in [0.5, 0.6) is 0 Å². The van der Waals surface area contributed by atoms with E-state index in [1.54, 1.807) is 0 Å². The van der Waals surface area contributed by atoms with Crippen molar-refractivity contribution in [3.8, 4) is 0 Å². The van der Waals surface area contributed by atoms with Gasteiger partial charge in [-0.2, -0.15) is 0 Å². The zero-order chi connectivity index (χ0) is 11.1. The van der Waals surface area contributed by atoms with E-state index in [0.29, 0.717) is 0 Å². The smallest absolute Gasteiger partial charge is 0.311 e. The van der Waals surface area contributed by atoms with Crippen LogP contribution in [0.15, 0.2) is 0 Å². The predicted molar refractivity (Wildman–Crippen MR) is 42.6 cm³/mol. The molecule has 1 rings (SSSR count). The van der Waals surface area contributed by atoms with Crippen LogP contribution in [0.3, 0.4) is 0 Å². The van der Waals surface area contributed by atoms with Gasteiger partial charge in [-0.1, -0.05) is 6.92 Å². The normalized spacial score (nSPS) is 34.9. The predicted octanol–water partition coefficient (Wildman–Crippen LogP) is -0.117. The molecule has 1 fully saturated rings. The third-order valence-electron chi connectivity index (χ3n) is 2.85. The molecule has 1 aliphatic carbocycles. The highest BCUT2D eigenvalue weighted by atomic mass is 16.4. The van der Waals surface area contributed by atoms with Gasteiger partial charge in [-0.15, -0.1) is 0 Å². The van der Waals surface area contributed by atoms with Crippen LogP contribution in [-0.2, 0) is 14.4 Å². The van der Waals surface area contributed by atoms with E-state index < -0.39 is 35.2 Å². The Labute approximate surface area is 79.2 Å². The van der Waals surface area contributed by atoms with Crippen LogP contribution in [-0.4, -0.2) is 33.2 Å². The highest BCUT2D eigenvalue weighted by Crippen LogP contribution is 2.61. The second-order valence-electron chi connectivity index (χ2n) is 3.33. The van der Waals surface area contributed by atoms with Crippen molar-refractivity contribution < 1.29 is 29.7 Å². The van der Waals surface area contributed by atoms with Crippen molar-refractivity contribution in [2.75, 3.05) is 0 Å². The number of rotatable bonds is 4. The molecule has 6 heteroatoms. The van der Waals surface area contributed by atoms with Crippen molar-refractivity contribution in [1.82, 2.24) is 0 Å². The van der Waals surface area contributed by atoms with Crippen LogP contribution >= 0.6 is 0 Å². The molecule has 0 aromatic carbocycles. The third-order valence-corrected chi connectivity index (χ3v) is 2.85. The Bertz CT molecular complexity index is 287. The summed E-state index contributed by atoms with van der Waals surface area (Å²) in [7, 11) is 0. The molecule has 0 heterocycles. The monoisotopic (exact) mass is 202 g/mol. The number of carboxylic acid groups (broad SMARTS) is 3. The molecule has 14 heavy (non-hydrogen) atoms. The Morgan fingerprint density at radius 2 is 1.43 bits per heavy atom. The first-order valence-electron chi connectivity index (χ1n) is 4.08. The molecule has 0 amide bonds. The van der Waals surface area contributed by atoms with Gasteiger partial charge in [0.05, 0.1) is 17.3 Å². The van der Waals surface area contributed by atoms with Crippen molar-refractivity contribution in [2.24, 2.45) is 17.3 Å². The molecular formula is C8H10O6. The van der Waals surface area contributed by atoms with Crippen molar-refractivity contribution in [3.63, 3.8) is 0 Å². The van der Waals surface area contributed by atoms with E-state index in [2.05, 4.69) is 0 Å². The van der Waals surface area contributed by atoms with Crippen LogP contribution in [0, 0.1) is 17.3 Å². The number of carboxylic acids is 3. The maximum atomic E-state index is 10.8. The van der Waals surface area contributed by atoms with Gasteiger partial charge in [0, 0.05) is 0 Å². The lowest BCUT2D eigenvalue weighted by Gasteiger charge is -2.06. The Morgan fingerprint density at radius 3 is 1.50 bits per heavy atom. The minimum absolute atomic E-state index is 0.0102. The average molecular weight is 202 g/mol. The van der Waals surface area contributed by atoms with E-state index in [1.165, 1.54) is 6.92 Å². The molecule has 0 saturated heterocycles. The van der Waals surface area contributed by atoms with Gasteiger partial charge in [-0.05, 0) is 6.42 Å². The largest absolute Gasteiger partial charge is 0.481 e. The van der Waals surface area contributed by atoms with Gasteiger partial charge in [0.1, 0.15) is 0 Å². The van der Waals surface area contributed by atoms with Gasteiger partial charge in [-0.3, -0.25) is 14.4 Å². The van der Waals surface area contributed by atoms with Crippen LogP contribution in [0.1, 0.15) is 13.3 Å². The van der Waals surface area contributed by atoms with E-state index in [-0.39, 0.29) is 6.42 Å². The Kier molecular flexibility index (Phi) is 2.22. The zero-order valence-corrected chi connectivity index (χ0v) is 7.43. The summed E-state index contributed by atoms with van der Waals surface area (Å²) >= 11 is 0. The molecule has 0 aliphatic heterocycles. The van der Waals surface area contributed by atoms with Crippen molar-refractivity contribution >= 4 is 17.9 Å². The summed E-state index contributed by atoms with van der Waals surface area (Å²) < 4.78 is 0. The maximum Gasteiger partial charge on any atom is 0.311 e. The molecule has 6 nitrogen and oxygen atoms in total. The molecular weight excluding hydrogens is 192 g/mol. The van der Waals surface area contributed by atoms with E-state index in [1.807, 2.05) is 0 Å². The van der Waals surface area contributed by atoms with Crippen molar-refractivity contribution in [2.45, 2.75) is 13.3 Å². The lowest BCUT2D eigenvalue weighted by Crippen LogP contribution is -2.21.